The van der Waals surface area contributed by atoms with E-state index in [9.17, 15) is 44.9 Å². The van der Waals surface area contributed by atoms with Crippen LogP contribution < -0.4 is 4.72 Å². The quantitative estimate of drug-likeness (QED) is 0.191. The van der Waals surface area contributed by atoms with E-state index < -0.39 is 69.1 Å². The summed E-state index contributed by atoms with van der Waals surface area (Å²) in [5.74, 6) is -0.526. The Labute approximate surface area is 255 Å². The first kappa shape index (κ1) is 35.6. The molecule has 0 aromatic heterocycles. The number of benzene rings is 2. The summed E-state index contributed by atoms with van der Waals surface area (Å²) < 4.78 is 111. The van der Waals surface area contributed by atoms with Gasteiger partial charge >= 0.3 is 18.4 Å². The number of amides is 2. The van der Waals surface area contributed by atoms with Gasteiger partial charge in [-0.3, -0.25) is 0 Å². The molecule has 0 radical (unpaired) electrons. The third kappa shape index (κ3) is 8.05. The topological polar surface area (TPSA) is 75.7 Å². The second kappa shape index (κ2) is 12.9. The highest BCUT2D eigenvalue weighted by atomic mass is 32.2. The van der Waals surface area contributed by atoms with Gasteiger partial charge in [0.1, 0.15) is 16.9 Å². The third-order valence-corrected chi connectivity index (χ3v) is 9.67. The van der Waals surface area contributed by atoms with Gasteiger partial charge in [-0.15, -0.1) is 4.72 Å². The van der Waals surface area contributed by atoms with E-state index in [0.29, 0.717) is 29.5 Å². The smallest absolute Gasteiger partial charge is 0.416 e. The zero-order valence-corrected chi connectivity index (χ0v) is 26.0. The highest BCUT2D eigenvalue weighted by Gasteiger charge is 2.47. The van der Waals surface area contributed by atoms with Crippen LogP contribution in [-0.2, 0) is 28.5 Å². The van der Waals surface area contributed by atoms with Crippen molar-refractivity contribution >= 4 is 23.7 Å². The van der Waals surface area contributed by atoms with E-state index in [1.807, 2.05) is 0 Å². The van der Waals surface area contributed by atoms with Gasteiger partial charge in [-0.1, -0.05) is 6.07 Å². The zero-order valence-electron chi connectivity index (χ0n) is 25.2. The van der Waals surface area contributed by atoms with Crippen LogP contribution in [0.25, 0.3) is 0 Å². The predicted molar refractivity (Wildman–Crippen MR) is 152 cm³/mol. The summed E-state index contributed by atoms with van der Waals surface area (Å²) >= 11 is -1.60. The molecule has 1 fully saturated rings. The molecule has 1 aliphatic rings. The number of urea groups is 1. The molecule has 1 saturated heterocycles. The minimum atomic E-state index is -5.06. The van der Waals surface area contributed by atoms with Gasteiger partial charge in [0.05, 0.1) is 28.7 Å². The molecule has 2 aromatic carbocycles. The highest BCUT2D eigenvalue weighted by molar-refractivity contribution is 7.90. The lowest BCUT2D eigenvalue weighted by molar-refractivity contribution is -0.143. The molecule has 1 N–H and O–H groups in total. The van der Waals surface area contributed by atoms with E-state index in [1.165, 1.54) is 37.1 Å². The van der Waals surface area contributed by atoms with Crippen LogP contribution in [0.5, 0.6) is 0 Å². The molecule has 1 unspecified atom stereocenters. The molecule has 14 heteroatoms. The summed E-state index contributed by atoms with van der Waals surface area (Å²) in [6.07, 6.45) is -9.24. The van der Waals surface area contributed by atoms with Crippen molar-refractivity contribution < 1.29 is 44.9 Å². The lowest BCUT2D eigenvalue weighted by Gasteiger charge is -2.48. The molecule has 6 nitrogen and oxygen atoms in total. The molecular formula is C30H36F7N3O3S. The van der Waals surface area contributed by atoms with Crippen LogP contribution in [0, 0.1) is 12.7 Å². The van der Waals surface area contributed by atoms with Gasteiger partial charge in [0.15, 0.2) is 0 Å². The summed E-state index contributed by atoms with van der Waals surface area (Å²) in [4.78, 5) is 28.2. The molecule has 4 atom stereocenters. The van der Waals surface area contributed by atoms with Crippen molar-refractivity contribution in [2.75, 3.05) is 13.6 Å². The Morgan fingerprint density at radius 1 is 1.11 bits per heavy atom. The fourth-order valence-corrected chi connectivity index (χ4v) is 6.20. The summed E-state index contributed by atoms with van der Waals surface area (Å²) in [5.41, 5.74) is -3.37. The average molecular weight is 652 g/mol. The number of halogens is 7. The van der Waals surface area contributed by atoms with E-state index in [2.05, 4.69) is 4.72 Å². The predicted octanol–water partition coefficient (Wildman–Crippen LogP) is 7.50. The first-order chi connectivity index (χ1) is 20.1. The highest BCUT2D eigenvalue weighted by Crippen LogP contribution is 2.42. The summed E-state index contributed by atoms with van der Waals surface area (Å²) in [7, 11) is 1.27. The molecule has 3 rings (SSSR count). The largest absolute Gasteiger partial charge is 0.598 e. The zero-order chi connectivity index (χ0) is 33.4. The van der Waals surface area contributed by atoms with Crippen LogP contribution in [0.4, 0.5) is 35.5 Å². The van der Waals surface area contributed by atoms with Crippen LogP contribution in [0.1, 0.15) is 86.9 Å². The maximum Gasteiger partial charge on any atom is 0.416 e. The van der Waals surface area contributed by atoms with Gasteiger partial charge < -0.3 is 19.1 Å². The molecule has 44 heavy (non-hydrogen) atoms. The maximum atomic E-state index is 14.1. The standard InChI is InChI=1S/C30H36F7N3O3S/c1-18-13-23(31)7-8-24(18)25-17-28(10-12-41,38-44(43)27(3,4)5)9-11-40(25)26(42)39(6)19(2)20-14-21(29(32,33)34)16-22(15-20)30(35,36)37/h7-8,12-16,19,25,38H,9-11,17H2,1-6H3/t19-,25-,28+,44?/m1/s1. The molecule has 1 aliphatic heterocycles. The van der Waals surface area contributed by atoms with Crippen molar-refractivity contribution in [3.05, 3.63) is 70.0 Å². The summed E-state index contributed by atoms with van der Waals surface area (Å²) in [6.45, 7) is 8.19. The van der Waals surface area contributed by atoms with E-state index in [0.717, 1.165) is 4.90 Å². The fourth-order valence-electron chi connectivity index (χ4n) is 5.23. The molecule has 1 heterocycles. The van der Waals surface area contributed by atoms with E-state index in [1.54, 1.807) is 27.7 Å². The van der Waals surface area contributed by atoms with Crippen molar-refractivity contribution in [2.24, 2.45) is 0 Å². The van der Waals surface area contributed by atoms with Gasteiger partial charge in [0.2, 0.25) is 0 Å². The number of nitrogens with zero attached hydrogens (tertiary/aromatic N) is 2. The molecule has 2 aromatic rings. The Balaban J connectivity index is 2.05. The van der Waals surface area contributed by atoms with Gasteiger partial charge in [0, 0.05) is 31.4 Å². The molecular weight excluding hydrogens is 615 g/mol. The second-order valence-electron chi connectivity index (χ2n) is 12.2. The first-order valence-electron chi connectivity index (χ1n) is 13.8. The number of nitrogens with one attached hydrogen (secondary N) is 1. The normalized spacial score (nSPS) is 21.1. The number of aldehydes is 1. The van der Waals surface area contributed by atoms with Gasteiger partial charge in [0.25, 0.3) is 0 Å². The molecule has 0 bridgehead atoms. The van der Waals surface area contributed by atoms with Crippen molar-refractivity contribution in [3.63, 3.8) is 0 Å². The number of likely N-dealkylation sites (tertiary alicyclic amines) is 1. The summed E-state index contributed by atoms with van der Waals surface area (Å²) in [5, 5.41) is 0. The third-order valence-electron chi connectivity index (χ3n) is 7.94. The van der Waals surface area contributed by atoms with Gasteiger partial charge in [-0.25, -0.2) is 9.18 Å². The number of hydrogen-bond donors (Lipinski definition) is 1. The average Bonchev–Trinajstić information content (AvgIpc) is 2.90. The first-order valence-corrected chi connectivity index (χ1v) is 15.0. The minimum Gasteiger partial charge on any atom is -0.598 e. The van der Waals surface area contributed by atoms with Crippen molar-refractivity contribution in [3.8, 4) is 0 Å². The molecule has 2 amide bonds. The van der Waals surface area contributed by atoms with E-state index in [4.69, 9.17) is 0 Å². The number of carbonyl (C=O) groups is 2. The minimum absolute atomic E-state index is 0.00402. The Bertz CT molecular complexity index is 1330. The second-order valence-corrected chi connectivity index (χ2v) is 14.2. The van der Waals surface area contributed by atoms with Crippen LogP contribution in [0.15, 0.2) is 36.4 Å². The van der Waals surface area contributed by atoms with E-state index in [-0.39, 0.29) is 37.4 Å². The Hall–Kier alpha value is -2.84. The van der Waals surface area contributed by atoms with Crippen LogP contribution in [0.2, 0.25) is 0 Å². The molecule has 0 spiro atoms. The Kier molecular flexibility index (Phi) is 10.4. The van der Waals surface area contributed by atoms with Crippen LogP contribution >= 0.6 is 0 Å². The Morgan fingerprint density at radius 2 is 1.68 bits per heavy atom. The molecule has 0 saturated carbocycles. The Morgan fingerprint density at radius 3 is 2.16 bits per heavy atom. The monoisotopic (exact) mass is 651 g/mol. The van der Waals surface area contributed by atoms with Crippen molar-refractivity contribution in [2.45, 2.75) is 88.6 Å². The number of rotatable bonds is 7. The van der Waals surface area contributed by atoms with Crippen molar-refractivity contribution in [1.82, 2.24) is 14.5 Å². The molecule has 244 valence electrons. The van der Waals surface area contributed by atoms with Crippen molar-refractivity contribution in [1.29, 1.82) is 0 Å². The number of alkyl halides is 6. The summed E-state index contributed by atoms with van der Waals surface area (Å²) in [6, 6.07) is 2.43. The molecule has 0 aliphatic carbocycles. The maximum absolute atomic E-state index is 14.1. The SMILES string of the molecule is Cc1cc(F)ccc1[C@H]1C[C@](CC=O)(N[S+]([O-])C(C)(C)C)CCN1C(=O)N(C)[C@H](C)c1cc(C(F)(F)F)cc(C(F)(F)F)c1. The fraction of sp³-hybridized carbons (Fsp3) is 0.533. The lowest BCUT2D eigenvalue weighted by atomic mass is 9.79. The van der Waals surface area contributed by atoms with Crippen LogP contribution in [0.3, 0.4) is 0 Å². The van der Waals surface area contributed by atoms with Gasteiger partial charge in [-0.2, -0.15) is 26.3 Å². The van der Waals surface area contributed by atoms with E-state index >= 15 is 0 Å². The number of piperidine rings is 1. The van der Waals surface area contributed by atoms with Gasteiger partial charge in [-0.05, 0) is 94.5 Å². The lowest BCUT2D eigenvalue weighted by Crippen LogP contribution is -2.60. The number of hydrogen-bond acceptors (Lipinski definition) is 4. The van der Waals surface area contributed by atoms with Crippen LogP contribution in [-0.4, -0.2) is 50.5 Å². The number of carbonyl (C=O) groups excluding carboxylic acids is 2. The number of aryl methyl sites for hydroxylation is 1.